The van der Waals surface area contributed by atoms with Crippen LogP contribution in [0.1, 0.15) is 24.3 Å². The van der Waals surface area contributed by atoms with E-state index >= 15 is 0 Å². The van der Waals surface area contributed by atoms with E-state index in [0.29, 0.717) is 5.56 Å². The summed E-state index contributed by atoms with van der Waals surface area (Å²) >= 11 is 0. The first-order valence-corrected chi connectivity index (χ1v) is 7.64. The van der Waals surface area contributed by atoms with Crippen molar-refractivity contribution in [3.63, 3.8) is 0 Å². The van der Waals surface area contributed by atoms with Crippen LogP contribution in [0.15, 0.2) is 36.0 Å². The number of primary amides is 2. The molecule has 0 aromatic heterocycles. The number of carbonyl (C=O) groups is 3. The lowest BCUT2D eigenvalue weighted by Gasteiger charge is -2.47. The molecule has 2 unspecified atom stereocenters. The predicted octanol–water partition coefficient (Wildman–Crippen LogP) is 0.427. The Bertz CT molecular complexity index is 755. The number of Topliss-reactive ketones (excluding diaryl/α,β-unsaturated/α-hetero) is 1. The molecule has 0 saturated heterocycles. The molecule has 1 fully saturated rings. The van der Waals surface area contributed by atoms with Gasteiger partial charge >= 0.3 is 0 Å². The van der Waals surface area contributed by atoms with E-state index in [1.807, 2.05) is 0 Å². The standard InChI is InChI=1S/C17H18FN3O3/c1-21-8-12(15(19)23)14(22)13(9-2-6-11(18)7-3-9)17(21,16(20)24)10-4-5-10/h2-3,6-8,10,13H,4-5H2,1H3,(H2,19,23)(H2,20,24). The van der Waals surface area contributed by atoms with E-state index in [1.165, 1.54) is 35.4 Å². The molecule has 24 heavy (non-hydrogen) atoms. The highest BCUT2D eigenvalue weighted by molar-refractivity contribution is 6.23. The summed E-state index contributed by atoms with van der Waals surface area (Å²) in [6.07, 6.45) is 2.80. The molecule has 1 aromatic carbocycles. The zero-order valence-electron chi connectivity index (χ0n) is 13.2. The Morgan fingerprint density at radius 1 is 1.21 bits per heavy atom. The van der Waals surface area contributed by atoms with E-state index in [9.17, 15) is 18.8 Å². The molecule has 6 nitrogen and oxygen atoms in total. The van der Waals surface area contributed by atoms with Gasteiger partial charge in [-0.1, -0.05) is 12.1 Å². The fourth-order valence-corrected chi connectivity index (χ4v) is 3.73. The predicted molar refractivity (Wildman–Crippen MR) is 83.8 cm³/mol. The number of halogens is 1. The smallest absolute Gasteiger partial charge is 0.253 e. The van der Waals surface area contributed by atoms with Gasteiger partial charge in [-0.05, 0) is 36.5 Å². The van der Waals surface area contributed by atoms with Gasteiger partial charge in [0, 0.05) is 13.2 Å². The van der Waals surface area contributed by atoms with E-state index < -0.39 is 34.9 Å². The Hall–Kier alpha value is -2.70. The normalized spacial score (nSPS) is 26.9. The zero-order chi connectivity index (χ0) is 17.6. The second-order valence-electron chi connectivity index (χ2n) is 6.33. The Morgan fingerprint density at radius 3 is 2.25 bits per heavy atom. The molecule has 2 amide bonds. The number of hydrogen-bond acceptors (Lipinski definition) is 4. The van der Waals surface area contributed by atoms with Crippen LogP contribution in [0.4, 0.5) is 4.39 Å². The van der Waals surface area contributed by atoms with E-state index in [4.69, 9.17) is 11.5 Å². The Labute approximate surface area is 138 Å². The summed E-state index contributed by atoms with van der Waals surface area (Å²) in [5.74, 6) is -3.64. The van der Waals surface area contributed by atoms with Gasteiger partial charge in [0.15, 0.2) is 5.78 Å². The average Bonchev–Trinajstić information content (AvgIpc) is 3.34. The molecule has 4 N–H and O–H groups in total. The van der Waals surface area contributed by atoms with Crippen molar-refractivity contribution in [3.05, 3.63) is 47.4 Å². The van der Waals surface area contributed by atoms with E-state index in [-0.39, 0.29) is 11.5 Å². The van der Waals surface area contributed by atoms with E-state index in [1.54, 1.807) is 7.05 Å². The Balaban J connectivity index is 2.24. The van der Waals surface area contributed by atoms with Crippen molar-refractivity contribution in [3.8, 4) is 0 Å². The number of amides is 2. The largest absolute Gasteiger partial charge is 0.368 e. The third-order valence-corrected chi connectivity index (χ3v) is 4.94. The third-order valence-electron chi connectivity index (χ3n) is 4.94. The number of rotatable bonds is 4. The number of carbonyl (C=O) groups excluding carboxylic acids is 3. The fourth-order valence-electron chi connectivity index (χ4n) is 3.73. The molecule has 1 aromatic rings. The second-order valence-corrected chi connectivity index (χ2v) is 6.33. The van der Waals surface area contributed by atoms with Crippen molar-refractivity contribution < 1.29 is 18.8 Å². The van der Waals surface area contributed by atoms with Crippen LogP contribution in [-0.4, -0.2) is 35.1 Å². The van der Waals surface area contributed by atoms with Crippen LogP contribution in [0.2, 0.25) is 0 Å². The molecule has 2 atom stereocenters. The molecule has 0 spiro atoms. The number of nitrogens with two attached hydrogens (primary N) is 2. The highest BCUT2D eigenvalue weighted by Crippen LogP contribution is 2.52. The van der Waals surface area contributed by atoms with E-state index in [2.05, 4.69) is 0 Å². The monoisotopic (exact) mass is 331 g/mol. The van der Waals surface area contributed by atoms with Crippen molar-refractivity contribution in [1.29, 1.82) is 0 Å². The van der Waals surface area contributed by atoms with Crippen molar-refractivity contribution in [2.24, 2.45) is 17.4 Å². The summed E-state index contributed by atoms with van der Waals surface area (Å²) in [4.78, 5) is 38.6. The minimum atomic E-state index is -1.28. The third kappa shape index (κ3) is 2.19. The van der Waals surface area contributed by atoms with Crippen molar-refractivity contribution in [2.75, 3.05) is 7.05 Å². The van der Waals surface area contributed by atoms with Crippen LogP contribution in [0.5, 0.6) is 0 Å². The van der Waals surface area contributed by atoms with Crippen LogP contribution in [0.25, 0.3) is 0 Å². The quantitative estimate of drug-likeness (QED) is 0.780. The summed E-state index contributed by atoms with van der Waals surface area (Å²) in [5, 5.41) is 0. The van der Waals surface area contributed by atoms with Gasteiger partial charge in [-0.3, -0.25) is 14.4 Å². The molecule has 1 heterocycles. The molecule has 7 heteroatoms. The molecule has 126 valence electrons. The van der Waals surface area contributed by atoms with Crippen LogP contribution in [-0.2, 0) is 14.4 Å². The summed E-state index contributed by atoms with van der Waals surface area (Å²) in [7, 11) is 1.61. The number of likely N-dealkylation sites (N-methyl/N-ethyl adjacent to an activating group) is 1. The molecule has 0 bridgehead atoms. The minimum absolute atomic E-state index is 0.107. The molecule has 2 aliphatic rings. The fraction of sp³-hybridized carbons (Fsp3) is 0.353. The second kappa shape index (κ2) is 5.43. The molecule has 0 radical (unpaired) electrons. The highest BCUT2D eigenvalue weighted by Gasteiger charge is 2.62. The maximum atomic E-state index is 13.3. The lowest BCUT2D eigenvalue weighted by molar-refractivity contribution is -0.138. The SMILES string of the molecule is CN1C=C(C(N)=O)C(=O)C(c2ccc(F)cc2)C1(C(N)=O)C1CC1. The van der Waals surface area contributed by atoms with Gasteiger partial charge in [0.05, 0.1) is 11.5 Å². The number of hydrogen-bond donors (Lipinski definition) is 2. The van der Waals surface area contributed by atoms with Crippen molar-refractivity contribution in [1.82, 2.24) is 4.90 Å². The van der Waals surface area contributed by atoms with Gasteiger partial charge < -0.3 is 16.4 Å². The van der Waals surface area contributed by atoms with E-state index in [0.717, 1.165) is 12.8 Å². The summed E-state index contributed by atoms with van der Waals surface area (Å²) in [6, 6.07) is 5.30. The maximum Gasteiger partial charge on any atom is 0.253 e. The first-order chi connectivity index (χ1) is 11.3. The van der Waals surface area contributed by atoms with Crippen LogP contribution < -0.4 is 11.5 Å². The van der Waals surface area contributed by atoms with Gasteiger partial charge in [-0.25, -0.2) is 4.39 Å². The first kappa shape index (κ1) is 16.2. The highest BCUT2D eigenvalue weighted by atomic mass is 19.1. The van der Waals surface area contributed by atoms with Gasteiger partial charge in [0.25, 0.3) is 5.91 Å². The average molecular weight is 331 g/mol. The first-order valence-electron chi connectivity index (χ1n) is 7.64. The molecule has 1 aliphatic heterocycles. The summed E-state index contributed by atoms with van der Waals surface area (Å²) in [5.41, 5.74) is 9.99. The Kier molecular flexibility index (Phi) is 3.66. The van der Waals surface area contributed by atoms with Crippen LogP contribution in [0, 0.1) is 11.7 Å². The number of ketones is 1. The summed E-state index contributed by atoms with van der Waals surface area (Å²) in [6.45, 7) is 0. The molecule has 1 aliphatic carbocycles. The molecular weight excluding hydrogens is 313 g/mol. The topological polar surface area (TPSA) is 106 Å². The maximum absolute atomic E-state index is 13.3. The molecule has 3 rings (SSSR count). The summed E-state index contributed by atoms with van der Waals surface area (Å²) < 4.78 is 13.3. The van der Waals surface area contributed by atoms with Gasteiger partial charge in [0.2, 0.25) is 5.91 Å². The van der Waals surface area contributed by atoms with Crippen LogP contribution in [0.3, 0.4) is 0 Å². The number of nitrogens with zero attached hydrogens (tertiary/aromatic N) is 1. The molecule has 1 saturated carbocycles. The zero-order valence-corrected chi connectivity index (χ0v) is 13.2. The molecular formula is C17H18FN3O3. The minimum Gasteiger partial charge on any atom is -0.368 e. The van der Waals surface area contributed by atoms with Gasteiger partial charge in [-0.2, -0.15) is 0 Å². The Morgan fingerprint density at radius 2 is 1.79 bits per heavy atom. The lowest BCUT2D eigenvalue weighted by atomic mass is 9.68. The van der Waals surface area contributed by atoms with Crippen LogP contribution >= 0.6 is 0 Å². The van der Waals surface area contributed by atoms with Crippen molar-refractivity contribution in [2.45, 2.75) is 24.3 Å². The number of benzene rings is 1. The van der Waals surface area contributed by atoms with Crippen molar-refractivity contribution >= 4 is 17.6 Å². The van der Waals surface area contributed by atoms with Gasteiger partial charge in [-0.15, -0.1) is 0 Å². The lowest BCUT2D eigenvalue weighted by Crippen LogP contribution is -2.64. The van der Waals surface area contributed by atoms with Gasteiger partial charge in [0.1, 0.15) is 11.4 Å².